The Morgan fingerprint density at radius 1 is 0.977 bits per heavy atom. The number of hydrogen-bond donors (Lipinski definition) is 2. The lowest BCUT2D eigenvalue weighted by atomic mass is 9.81. The van der Waals surface area contributed by atoms with Crippen LogP contribution in [0.3, 0.4) is 0 Å². The van der Waals surface area contributed by atoms with E-state index in [0.717, 1.165) is 30.6 Å². The summed E-state index contributed by atoms with van der Waals surface area (Å²) in [4.78, 5) is 42.8. The zero-order valence-corrected chi connectivity index (χ0v) is 25.6. The Labute approximate surface area is 255 Å². The predicted octanol–water partition coefficient (Wildman–Crippen LogP) is 6.46. The van der Waals surface area contributed by atoms with Gasteiger partial charge in [0.15, 0.2) is 0 Å². The normalized spacial score (nSPS) is 16.8. The molecule has 230 valence electrons. The van der Waals surface area contributed by atoms with Gasteiger partial charge >= 0.3 is 0 Å². The van der Waals surface area contributed by atoms with Gasteiger partial charge in [-0.3, -0.25) is 14.4 Å². The van der Waals surface area contributed by atoms with E-state index < -0.39 is 17.9 Å². The minimum absolute atomic E-state index is 0.0853. The lowest BCUT2D eigenvalue weighted by molar-refractivity contribution is -0.140. The molecule has 0 aliphatic carbocycles. The third-order valence-electron chi connectivity index (χ3n) is 7.85. The second kappa shape index (κ2) is 16.0. The average Bonchev–Trinajstić information content (AvgIpc) is 3.46. The van der Waals surface area contributed by atoms with E-state index in [4.69, 9.17) is 9.15 Å². The van der Waals surface area contributed by atoms with Gasteiger partial charge in [-0.1, -0.05) is 57.5 Å². The molecule has 3 amide bonds. The topological polar surface area (TPSA) is 101 Å². The molecule has 43 heavy (non-hydrogen) atoms. The molecule has 0 saturated carbocycles. The largest absolute Gasteiger partial charge is 0.467 e. The molecule has 0 radical (unpaired) electrons. The van der Waals surface area contributed by atoms with Crippen molar-refractivity contribution in [3.63, 3.8) is 0 Å². The number of amides is 3. The third kappa shape index (κ3) is 9.46. The molecule has 8 nitrogen and oxygen atoms in total. The van der Waals surface area contributed by atoms with Crippen molar-refractivity contribution in [3.05, 3.63) is 84.3 Å². The first-order chi connectivity index (χ1) is 20.8. The van der Waals surface area contributed by atoms with Gasteiger partial charge in [-0.25, -0.2) is 0 Å². The molecule has 3 aromatic rings. The van der Waals surface area contributed by atoms with Crippen LogP contribution in [0.15, 0.2) is 77.4 Å². The SMILES string of the molecule is CCCC(C(=O)NCc1ccco1)C(CC(C)C)C(=O)N[C@H]1CCCCN(Cc2cccc(Oc3ccccc3)c2)C1=O. The summed E-state index contributed by atoms with van der Waals surface area (Å²) >= 11 is 0. The zero-order chi connectivity index (χ0) is 30.6. The fraction of sp³-hybridized carbons (Fsp3) is 0.457. The van der Waals surface area contributed by atoms with Crippen molar-refractivity contribution in [1.82, 2.24) is 15.5 Å². The van der Waals surface area contributed by atoms with Crippen LogP contribution in [0.2, 0.25) is 0 Å². The van der Waals surface area contributed by atoms with E-state index in [-0.39, 0.29) is 30.2 Å². The molecule has 8 heteroatoms. The zero-order valence-electron chi connectivity index (χ0n) is 25.6. The Kier molecular flexibility index (Phi) is 11.8. The summed E-state index contributed by atoms with van der Waals surface area (Å²) < 4.78 is 11.4. The molecule has 3 atom stereocenters. The first kappa shape index (κ1) is 31.9. The highest BCUT2D eigenvalue weighted by atomic mass is 16.5. The molecule has 2 N–H and O–H groups in total. The number of hydrogen-bond acceptors (Lipinski definition) is 5. The van der Waals surface area contributed by atoms with Crippen LogP contribution in [-0.4, -0.2) is 35.2 Å². The number of nitrogens with zero attached hydrogens (tertiary/aromatic N) is 1. The Morgan fingerprint density at radius 2 is 1.77 bits per heavy atom. The van der Waals surface area contributed by atoms with Gasteiger partial charge in [-0.05, 0) is 80.0 Å². The molecule has 1 aliphatic rings. The molecule has 0 spiro atoms. The summed E-state index contributed by atoms with van der Waals surface area (Å²) in [6.07, 6.45) is 5.76. The molecule has 2 unspecified atom stereocenters. The van der Waals surface area contributed by atoms with E-state index >= 15 is 0 Å². The van der Waals surface area contributed by atoms with E-state index in [1.54, 1.807) is 12.3 Å². The van der Waals surface area contributed by atoms with Crippen molar-refractivity contribution in [2.75, 3.05) is 6.54 Å². The fourth-order valence-corrected chi connectivity index (χ4v) is 5.73. The van der Waals surface area contributed by atoms with Crippen molar-refractivity contribution in [1.29, 1.82) is 0 Å². The average molecular weight is 588 g/mol. The Hall–Kier alpha value is -4.07. The van der Waals surface area contributed by atoms with Gasteiger partial charge in [-0.15, -0.1) is 0 Å². The van der Waals surface area contributed by atoms with E-state index in [0.29, 0.717) is 43.9 Å². The molecule has 2 heterocycles. The number of rotatable bonds is 14. The van der Waals surface area contributed by atoms with E-state index in [9.17, 15) is 14.4 Å². The summed E-state index contributed by atoms with van der Waals surface area (Å²) in [5.74, 6) is 0.830. The number of para-hydroxylation sites is 1. The van der Waals surface area contributed by atoms with Crippen molar-refractivity contribution >= 4 is 17.7 Å². The second-order valence-electron chi connectivity index (χ2n) is 11.8. The minimum atomic E-state index is -0.623. The third-order valence-corrected chi connectivity index (χ3v) is 7.85. The Morgan fingerprint density at radius 3 is 2.49 bits per heavy atom. The molecule has 1 fully saturated rings. The molecule has 2 aromatic carbocycles. The van der Waals surface area contributed by atoms with Crippen LogP contribution in [0.25, 0.3) is 0 Å². The number of ether oxygens (including phenoxy) is 1. The molecule has 1 aromatic heterocycles. The first-order valence-corrected chi connectivity index (χ1v) is 15.5. The molecule has 0 bridgehead atoms. The maximum Gasteiger partial charge on any atom is 0.245 e. The van der Waals surface area contributed by atoms with Gasteiger partial charge in [0.25, 0.3) is 0 Å². The number of furan rings is 1. The summed E-state index contributed by atoms with van der Waals surface area (Å²) in [6.45, 7) is 7.45. The smallest absolute Gasteiger partial charge is 0.245 e. The highest BCUT2D eigenvalue weighted by Gasteiger charge is 2.36. The van der Waals surface area contributed by atoms with Gasteiger partial charge in [-0.2, -0.15) is 0 Å². The quantitative estimate of drug-likeness (QED) is 0.225. The standard InChI is InChI=1S/C35H45N3O5/c1-4-12-30(33(39)36-23-29-17-11-20-42-29)31(21-25(2)3)34(40)37-32-18-8-9-19-38(35(32)41)24-26-13-10-16-28(22-26)43-27-14-6-5-7-15-27/h5-7,10-11,13-17,20,22,25,30-32H,4,8-9,12,18-19,21,23-24H2,1-3H3,(H,36,39)(H,37,40)/t30?,31?,32-/m0/s1. The van der Waals surface area contributed by atoms with Crippen molar-refractivity contribution in [2.24, 2.45) is 17.8 Å². The molecular weight excluding hydrogens is 542 g/mol. The number of nitrogens with one attached hydrogen (secondary N) is 2. The number of carbonyl (C=O) groups is 3. The van der Waals surface area contributed by atoms with Gasteiger partial charge in [0.05, 0.1) is 12.8 Å². The summed E-state index contributed by atoms with van der Waals surface area (Å²) in [6, 6.07) is 20.3. The Bertz CT molecular complexity index is 1310. The molecule has 4 rings (SSSR count). The van der Waals surface area contributed by atoms with Crippen LogP contribution in [0.5, 0.6) is 11.5 Å². The van der Waals surface area contributed by atoms with Crippen LogP contribution in [-0.2, 0) is 27.5 Å². The first-order valence-electron chi connectivity index (χ1n) is 15.5. The summed E-state index contributed by atoms with van der Waals surface area (Å²) in [7, 11) is 0. The van der Waals surface area contributed by atoms with E-state index in [1.807, 2.05) is 72.5 Å². The van der Waals surface area contributed by atoms with Crippen molar-refractivity contribution < 1.29 is 23.5 Å². The summed E-state index contributed by atoms with van der Waals surface area (Å²) in [5, 5.41) is 6.04. The van der Waals surface area contributed by atoms with Crippen molar-refractivity contribution in [2.45, 2.75) is 78.4 Å². The van der Waals surface area contributed by atoms with Crippen LogP contribution in [0, 0.1) is 17.8 Å². The number of carbonyl (C=O) groups excluding carboxylic acids is 3. The van der Waals surface area contributed by atoms with Gasteiger partial charge in [0.1, 0.15) is 23.3 Å². The predicted molar refractivity (Wildman–Crippen MR) is 166 cm³/mol. The Balaban J connectivity index is 1.44. The van der Waals surface area contributed by atoms with E-state index in [2.05, 4.69) is 24.5 Å². The maximum atomic E-state index is 13.8. The van der Waals surface area contributed by atoms with Crippen LogP contribution in [0.4, 0.5) is 0 Å². The second-order valence-corrected chi connectivity index (χ2v) is 11.8. The summed E-state index contributed by atoms with van der Waals surface area (Å²) in [5.41, 5.74) is 0.961. The van der Waals surface area contributed by atoms with Crippen LogP contribution >= 0.6 is 0 Å². The lowest BCUT2D eigenvalue weighted by Crippen LogP contribution is -2.51. The highest BCUT2D eigenvalue weighted by Crippen LogP contribution is 2.27. The van der Waals surface area contributed by atoms with Crippen LogP contribution < -0.4 is 15.4 Å². The highest BCUT2D eigenvalue weighted by molar-refractivity contribution is 5.91. The lowest BCUT2D eigenvalue weighted by Gasteiger charge is -2.30. The van der Waals surface area contributed by atoms with E-state index in [1.165, 1.54) is 0 Å². The minimum Gasteiger partial charge on any atom is -0.467 e. The monoisotopic (exact) mass is 587 g/mol. The molecule has 1 aliphatic heterocycles. The maximum absolute atomic E-state index is 13.8. The number of likely N-dealkylation sites (tertiary alicyclic amines) is 1. The van der Waals surface area contributed by atoms with Gasteiger partial charge in [0.2, 0.25) is 17.7 Å². The van der Waals surface area contributed by atoms with Gasteiger partial charge in [0, 0.05) is 24.9 Å². The van der Waals surface area contributed by atoms with Crippen LogP contribution in [0.1, 0.15) is 70.6 Å². The molecular formula is C35H45N3O5. The van der Waals surface area contributed by atoms with Crippen molar-refractivity contribution in [3.8, 4) is 11.5 Å². The van der Waals surface area contributed by atoms with Gasteiger partial charge < -0.3 is 24.7 Å². The number of benzene rings is 2. The molecule has 1 saturated heterocycles. The fourth-order valence-electron chi connectivity index (χ4n) is 5.73.